The second kappa shape index (κ2) is 10.2. The fourth-order valence-electron chi connectivity index (χ4n) is 1.83. The van der Waals surface area contributed by atoms with E-state index in [1.165, 1.54) is 4.90 Å². The minimum Gasteiger partial charge on any atom is -0.389 e. The molecule has 1 unspecified atom stereocenters. The minimum atomic E-state index is -0.747. The van der Waals surface area contributed by atoms with E-state index in [2.05, 4.69) is 10.4 Å². The number of aryl methyl sites for hydroxylation is 1. The number of likely N-dealkylation sites (N-methyl/N-ethyl adjacent to an activating group) is 1. The van der Waals surface area contributed by atoms with Crippen LogP contribution in [0.1, 0.15) is 20.8 Å². The van der Waals surface area contributed by atoms with Crippen molar-refractivity contribution in [3.05, 3.63) is 12.4 Å². The second-order valence-corrected chi connectivity index (χ2v) is 5.54. The maximum absolute atomic E-state index is 12.0. The topological polar surface area (TPSA) is 88.9 Å². The summed E-state index contributed by atoms with van der Waals surface area (Å²) in [5.41, 5.74) is 0.625. The van der Waals surface area contributed by atoms with Gasteiger partial charge in [-0.05, 0) is 20.8 Å². The molecule has 0 bridgehead atoms. The Morgan fingerprint density at radius 1 is 1.48 bits per heavy atom. The number of carbonyl (C=O) groups is 1. The first kappa shape index (κ1) is 19.4. The third kappa shape index (κ3) is 7.96. The smallest absolute Gasteiger partial charge is 0.321 e. The van der Waals surface area contributed by atoms with E-state index in [0.29, 0.717) is 18.9 Å². The van der Waals surface area contributed by atoms with Gasteiger partial charge in [-0.3, -0.25) is 4.68 Å². The zero-order chi connectivity index (χ0) is 17.2. The summed E-state index contributed by atoms with van der Waals surface area (Å²) in [7, 11) is 1.62. The molecular weight excluding hydrogens is 300 g/mol. The molecule has 8 heteroatoms. The zero-order valence-corrected chi connectivity index (χ0v) is 14.4. The van der Waals surface area contributed by atoms with Crippen LogP contribution in [0.25, 0.3) is 0 Å². The van der Waals surface area contributed by atoms with E-state index in [1.54, 1.807) is 24.1 Å². The van der Waals surface area contributed by atoms with Gasteiger partial charge < -0.3 is 24.8 Å². The molecular formula is C15H28N4O4. The van der Waals surface area contributed by atoms with Crippen LogP contribution in [-0.4, -0.2) is 71.4 Å². The molecule has 0 aliphatic rings. The van der Waals surface area contributed by atoms with Crippen molar-refractivity contribution in [2.75, 3.05) is 38.7 Å². The molecule has 0 saturated heterocycles. The SMILES string of the molecule is CCn1cc(NC(=O)N(C)CC(O)COCCOC(C)C)cn1. The van der Waals surface area contributed by atoms with E-state index in [1.807, 2.05) is 20.8 Å². The molecule has 0 aliphatic carbocycles. The molecule has 8 nitrogen and oxygen atoms in total. The Balaban J connectivity index is 2.22. The Bertz CT molecular complexity index is 464. The number of aliphatic hydroxyl groups is 1. The summed E-state index contributed by atoms with van der Waals surface area (Å²) in [5, 5.41) is 16.7. The van der Waals surface area contributed by atoms with Crippen molar-refractivity contribution < 1.29 is 19.4 Å². The number of urea groups is 1. The van der Waals surface area contributed by atoms with Crippen molar-refractivity contribution in [3.8, 4) is 0 Å². The number of carbonyl (C=O) groups excluding carboxylic acids is 1. The monoisotopic (exact) mass is 328 g/mol. The first-order chi connectivity index (χ1) is 10.9. The molecule has 1 rings (SSSR count). The Labute approximate surface area is 137 Å². The summed E-state index contributed by atoms with van der Waals surface area (Å²) >= 11 is 0. The standard InChI is InChI=1S/C15H28N4O4/c1-5-19-9-13(8-16-19)17-15(21)18(4)10-14(20)11-22-6-7-23-12(2)3/h8-9,12,14,20H,5-7,10-11H2,1-4H3,(H,17,21). The highest BCUT2D eigenvalue weighted by Gasteiger charge is 2.14. The van der Waals surface area contributed by atoms with Crippen molar-refractivity contribution in [1.29, 1.82) is 0 Å². The number of hydrogen-bond donors (Lipinski definition) is 2. The Morgan fingerprint density at radius 3 is 2.83 bits per heavy atom. The van der Waals surface area contributed by atoms with Gasteiger partial charge in [-0.2, -0.15) is 5.10 Å². The molecule has 0 radical (unpaired) electrons. The van der Waals surface area contributed by atoms with E-state index in [-0.39, 0.29) is 25.3 Å². The number of ether oxygens (including phenoxy) is 2. The van der Waals surface area contributed by atoms with Gasteiger partial charge in [-0.25, -0.2) is 4.79 Å². The number of nitrogens with zero attached hydrogens (tertiary/aromatic N) is 3. The first-order valence-corrected chi connectivity index (χ1v) is 7.84. The molecule has 0 aliphatic heterocycles. The predicted octanol–water partition coefficient (Wildman–Crippen LogP) is 1.17. The summed E-state index contributed by atoms with van der Waals surface area (Å²) in [4.78, 5) is 13.4. The number of hydrogen-bond acceptors (Lipinski definition) is 5. The van der Waals surface area contributed by atoms with Crippen molar-refractivity contribution in [2.24, 2.45) is 0 Å². The fraction of sp³-hybridized carbons (Fsp3) is 0.733. The fourth-order valence-corrected chi connectivity index (χ4v) is 1.83. The highest BCUT2D eigenvalue weighted by Crippen LogP contribution is 2.06. The van der Waals surface area contributed by atoms with Crippen LogP contribution < -0.4 is 5.32 Å². The van der Waals surface area contributed by atoms with Crippen LogP contribution in [0, 0.1) is 0 Å². The minimum absolute atomic E-state index is 0.160. The van der Waals surface area contributed by atoms with E-state index in [4.69, 9.17) is 9.47 Å². The summed E-state index contributed by atoms with van der Waals surface area (Å²) in [5.74, 6) is 0. The molecule has 1 atom stereocenters. The number of nitrogens with one attached hydrogen (secondary N) is 1. The van der Waals surface area contributed by atoms with Crippen molar-refractivity contribution in [2.45, 2.75) is 39.5 Å². The number of rotatable bonds is 10. The molecule has 0 saturated carbocycles. The van der Waals surface area contributed by atoms with E-state index < -0.39 is 6.10 Å². The number of anilines is 1. The van der Waals surface area contributed by atoms with Crippen LogP contribution in [0.2, 0.25) is 0 Å². The van der Waals surface area contributed by atoms with Gasteiger partial charge in [0.05, 0.1) is 50.5 Å². The number of aliphatic hydroxyl groups excluding tert-OH is 1. The van der Waals surface area contributed by atoms with Crippen molar-refractivity contribution >= 4 is 11.7 Å². The largest absolute Gasteiger partial charge is 0.389 e. The van der Waals surface area contributed by atoms with Gasteiger partial charge in [0.15, 0.2) is 0 Å². The summed E-state index contributed by atoms with van der Waals surface area (Å²) in [6, 6.07) is -0.303. The average Bonchev–Trinajstić information content (AvgIpc) is 2.94. The lowest BCUT2D eigenvalue weighted by Crippen LogP contribution is -2.39. The van der Waals surface area contributed by atoms with Gasteiger partial charge in [-0.15, -0.1) is 0 Å². The Morgan fingerprint density at radius 2 is 2.22 bits per heavy atom. The molecule has 132 valence electrons. The molecule has 23 heavy (non-hydrogen) atoms. The zero-order valence-electron chi connectivity index (χ0n) is 14.4. The van der Waals surface area contributed by atoms with Crippen molar-refractivity contribution in [3.63, 3.8) is 0 Å². The first-order valence-electron chi connectivity index (χ1n) is 7.84. The Kier molecular flexibility index (Phi) is 8.60. The molecule has 0 aromatic carbocycles. The van der Waals surface area contributed by atoms with Crippen LogP contribution in [0.4, 0.5) is 10.5 Å². The number of aromatic nitrogens is 2. The molecule has 1 aromatic rings. The van der Waals surface area contributed by atoms with E-state index in [9.17, 15) is 9.90 Å². The van der Waals surface area contributed by atoms with Gasteiger partial charge in [0.2, 0.25) is 0 Å². The van der Waals surface area contributed by atoms with Gasteiger partial charge in [0.25, 0.3) is 0 Å². The summed E-state index contributed by atoms with van der Waals surface area (Å²) in [6.45, 7) is 7.85. The molecule has 2 amide bonds. The maximum Gasteiger partial charge on any atom is 0.321 e. The molecule has 0 spiro atoms. The van der Waals surface area contributed by atoms with Gasteiger partial charge in [0.1, 0.15) is 0 Å². The lowest BCUT2D eigenvalue weighted by molar-refractivity contribution is -0.0144. The summed E-state index contributed by atoms with van der Waals surface area (Å²) < 4.78 is 12.4. The van der Waals surface area contributed by atoms with Crippen LogP contribution in [0.3, 0.4) is 0 Å². The number of amides is 2. The average molecular weight is 328 g/mol. The Hall–Kier alpha value is -1.64. The van der Waals surface area contributed by atoms with Crippen LogP contribution in [0.15, 0.2) is 12.4 Å². The third-order valence-electron chi connectivity index (χ3n) is 3.03. The molecule has 2 N–H and O–H groups in total. The van der Waals surface area contributed by atoms with Crippen molar-refractivity contribution in [1.82, 2.24) is 14.7 Å². The maximum atomic E-state index is 12.0. The molecule has 1 aromatic heterocycles. The van der Waals surface area contributed by atoms with Gasteiger partial charge in [0, 0.05) is 19.8 Å². The van der Waals surface area contributed by atoms with Crippen LogP contribution in [0.5, 0.6) is 0 Å². The predicted molar refractivity (Wildman–Crippen MR) is 87.5 cm³/mol. The molecule has 1 heterocycles. The highest BCUT2D eigenvalue weighted by atomic mass is 16.5. The third-order valence-corrected chi connectivity index (χ3v) is 3.03. The highest BCUT2D eigenvalue weighted by molar-refractivity contribution is 5.88. The van der Waals surface area contributed by atoms with Gasteiger partial charge >= 0.3 is 6.03 Å². The van der Waals surface area contributed by atoms with E-state index >= 15 is 0 Å². The lowest BCUT2D eigenvalue weighted by atomic mass is 10.3. The normalized spacial score (nSPS) is 12.4. The summed E-state index contributed by atoms with van der Waals surface area (Å²) in [6.07, 6.45) is 2.75. The lowest BCUT2D eigenvalue weighted by Gasteiger charge is -2.21. The van der Waals surface area contributed by atoms with Crippen LogP contribution >= 0.6 is 0 Å². The molecule has 0 fully saturated rings. The van der Waals surface area contributed by atoms with Gasteiger partial charge in [-0.1, -0.05) is 0 Å². The van der Waals surface area contributed by atoms with Crippen LogP contribution in [-0.2, 0) is 16.0 Å². The quantitative estimate of drug-likeness (QED) is 0.629. The second-order valence-electron chi connectivity index (χ2n) is 5.54. The van der Waals surface area contributed by atoms with E-state index in [0.717, 1.165) is 6.54 Å².